The maximum atomic E-state index is 12.4. The summed E-state index contributed by atoms with van der Waals surface area (Å²) in [6, 6.07) is 8.02. The minimum atomic E-state index is -0.173. The molecule has 1 aliphatic carbocycles. The first-order valence-electron chi connectivity index (χ1n) is 7.53. The Hall–Kier alpha value is -1.55. The average molecular weight is 274 g/mol. The van der Waals surface area contributed by atoms with Gasteiger partial charge in [-0.05, 0) is 24.5 Å². The SMILES string of the molecule is O=C(NC1CCCCC1CO)[C@@H]1Cc2ccccc2N1. The molecular formula is C16H22N2O2. The van der Waals surface area contributed by atoms with Gasteiger partial charge in [0.05, 0.1) is 0 Å². The summed E-state index contributed by atoms with van der Waals surface area (Å²) < 4.78 is 0. The van der Waals surface area contributed by atoms with Crippen molar-refractivity contribution >= 4 is 11.6 Å². The maximum absolute atomic E-state index is 12.4. The van der Waals surface area contributed by atoms with Crippen molar-refractivity contribution in [1.82, 2.24) is 5.32 Å². The van der Waals surface area contributed by atoms with Gasteiger partial charge in [-0.3, -0.25) is 4.79 Å². The highest BCUT2D eigenvalue weighted by Crippen LogP contribution is 2.27. The van der Waals surface area contributed by atoms with Gasteiger partial charge in [0.25, 0.3) is 0 Å². The van der Waals surface area contributed by atoms with Crippen LogP contribution in [0.25, 0.3) is 0 Å². The van der Waals surface area contributed by atoms with E-state index < -0.39 is 0 Å². The predicted octanol–water partition coefficient (Wildman–Crippen LogP) is 1.69. The smallest absolute Gasteiger partial charge is 0.243 e. The topological polar surface area (TPSA) is 61.4 Å². The number of carbonyl (C=O) groups is 1. The molecule has 0 aromatic heterocycles. The van der Waals surface area contributed by atoms with E-state index in [0.717, 1.165) is 37.8 Å². The van der Waals surface area contributed by atoms with Crippen LogP contribution in [0.4, 0.5) is 5.69 Å². The molecule has 2 aliphatic rings. The van der Waals surface area contributed by atoms with Gasteiger partial charge in [-0.1, -0.05) is 31.0 Å². The Kier molecular flexibility index (Phi) is 3.92. The Labute approximate surface area is 119 Å². The first kappa shape index (κ1) is 13.4. The second-order valence-electron chi connectivity index (χ2n) is 5.90. The lowest BCUT2D eigenvalue weighted by Crippen LogP contribution is -2.48. The number of amides is 1. The van der Waals surface area contributed by atoms with E-state index in [1.165, 1.54) is 5.56 Å². The van der Waals surface area contributed by atoms with Crippen LogP contribution < -0.4 is 10.6 Å². The number of para-hydroxylation sites is 1. The van der Waals surface area contributed by atoms with E-state index in [1.54, 1.807) is 0 Å². The lowest BCUT2D eigenvalue weighted by atomic mass is 9.85. The maximum Gasteiger partial charge on any atom is 0.243 e. The summed E-state index contributed by atoms with van der Waals surface area (Å²) in [5.41, 5.74) is 2.27. The van der Waals surface area contributed by atoms with Crippen LogP contribution in [0.5, 0.6) is 0 Å². The Morgan fingerprint density at radius 1 is 1.30 bits per heavy atom. The van der Waals surface area contributed by atoms with E-state index in [4.69, 9.17) is 0 Å². The monoisotopic (exact) mass is 274 g/mol. The molecule has 20 heavy (non-hydrogen) atoms. The normalized spacial score (nSPS) is 28.6. The van der Waals surface area contributed by atoms with Gasteiger partial charge in [0.15, 0.2) is 0 Å². The molecule has 0 bridgehead atoms. The second kappa shape index (κ2) is 5.83. The highest BCUT2D eigenvalue weighted by atomic mass is 16.3. The Morgan fingerprint density at radius 3 is 2.90 bits per heavy atom. The van der Waals surface area contributed by atoms with Gasteiger partial charge in [0.2, 0.25) is 5.91 Å². The van der Waals surface area contributed by atoms with Crippen molar-refractivity contribution in [3.63, 3.8) is 0 Å². The number of hydrogen-bond acceptors (Lipinski definition) is 3. The Bertz CT molecular complexity index is 464. The molecule has 3 rings (SSSR count). The van der Waals surface area contributed by atoms with E-state index in [9.17, 15) is 9.90 Å². The van der Waals surface area contributed by atoms with Gasteiger partial charge in [-0.15, -0.1) is 0 Å². The van der Waals surface area contributed by atoms with Gasteiger partial charge < -0.3 is 15.7 Å². The van der Waals surface area contributed by atoms with Crippen molar-refractivity contribution in [2.24, 2.45) is 5.92 Å². The molecule has 4 nitrogen and oxygen atoms in total. The van der Waals surface area contributed by atoms with Crippen LogP contribution in [-0.4, -0.2) is 29.7 Å². The molecule has 1 aromatic carbocycles. The third-order valence-corrected chi connectivity index (χ3v) is 4.56. The summed E-state index contributed by atoms with van der Waals surface area (Å²) in [6.45, 7) is 0.170. The Morgan fingerprint density at radius 2 is 2.10 bits per heavy atom. The number of benzene rings is 1. The summed E-state index contributed by atoms with van der Waals surface area (Å²) in [5.74, 6) is 0.281. The predicted molar refractivity (Wildman–Crippen MR) is 78.5 cm³/mol. The first-order valence-corrected chi connectivity index (χ1v) is 7.53. The summed E-state index contributed by atoms with van der Waals surface area (Å²) in [6.07, 6.45) is 5.04. The number of rotatable bonds is 3. The number of aliphatic hydroxyl groups excluding tert-OH is 1. The van der Waals surface area contributed by atoms with Crippen molar-refractivity contribution in [2.45, 2.75) is 44.2 Å². The van der Waals surface area contributed by atoms with E-state index >= 15 is 0 Å². The van der Waals surface area contributed by atoms with Crippen molar-refractivity contribution in [1.29, 1.82) is 0 Å². The van der Waals surface area contributed by atoms with Gasteiger partial charge in [0.1, 0.15) is 6.04 Å². The van der Waals surface area contributed by atoms with Crippen LogP contribution in [0, 0.1) is 5.92 Å². The largest absolute Gasteiger partial charge is 0.396 e. The lowest BCUT2D eigenvalue weighted by Gasteiger charge is -2.31. The number of carbonyl (C=O) groups excluding carboxylic acids is 1. The van der Waals surface area contributed by atoms with Crippen LogP contribution in [0.2, 0.25) is 0 Å². The van der Waals surface area contributed by atoms with Crippen LogP contribution in [0.1, 0.15) is 31.2 Å². The number of anilines is 1. The Balaban J connectivity index is 1.60. The summed E-state index contributed by atoms with van der Waals surface area (Å²) in [4.78, 5) is 12.4. The molecule has 2 unspecified atom stereocenters. The molecule has 1 aliphatic heterocycles. The van der Waals surface area contributed by atoms with Gasteiger partial charge in [0, 0.05) is 30.7 Å². The molecule has 1 saturated carbocycles. The van der Waals surface area contributed by atoms with Crippen molar-refractivity contribution in [3.8, 4) is 0 Å². The van der Waals surface area contributed by atoms with Gasteiger partial charge in [-0.25, -0.2) is 0 Å². The highest BCUT2D eigenvalue weighted by molar-refractivity contribution is 5.87. The third kappa shape index (κ3) is 2.66. The number of nitrogens with one attached hydrogen (secondary N) is 2. The third-order valence-electron chi connectivity index (χ3n) is 4.56. The number of fused-ring (bicyclic) bond motifs is 1. The summed E-state index contributed by atoms with van der Waals surface area (Å²) >= 11 is 0. The molecule has 1 heterocycles. The van der Waals surface area contributed by atoms with Crippen LogP contribution in [0.3, 0.4) is 0 Å². The number of aliphatic hydroxyl groups is 1. The molecule has 108 valence electrons. The van der Waals surface area contributed by atoms with Crippen molar-refractivity contribution < 1.29 is 9.90 Å². The van der Waals surface area contributed by atoms with Crippen LogP contribution in [0.15, 0.2) is 24.3 Å². The quantitative estimate of drug-likeness (QED) is 0.786. The molecular weight excluding hydrogens is 252 g/mol. The molecule has 0 radical (unpaired) electrons. The zero-order chi connectivity index (χ0) is 13.9. The van der Waals surface area contributed by atoms with Gasteiger partial charge >= 0.3 is 0 Å². The zero-order valence-corrected chi connectivity index (χ0v) is 11.6. The fourth-order valence-corrected chi connectivity index (χ4v) is 3.36. The molecule has 0 spiro atoms. The molecule has 3 atom stereocenters. The van der Waals surface area contributed by atoms with Crippen molar-refractivity contribution in [2.75, 3.05) is 11.9 Å². The molecule has 1 amide bonds. The molecule has 3 N–H and O–H groups in total. The van der Waals surface area contributed by atoms with Crippen LogP contribution in [-0.2, 0) is 11.2 Å². The highest BCUT2D eigenvalue weighted by Gasteiger charge is 2.31. The van der Waals surface area contributed by atoms with E-state index in [0.29, 0.717) is 0 Å². The molecule has 1 aromatic rings. The average Bonchev–Trinajstić information content (AvgIpc) is 2.92. The second-order valence-corrected chi connectivity index (χ2v) is 5.90. The molecule has 4 heteroatoms. The van der Waals surface area contributed by atoms with E-state index in [1.807, 2.05) is 18.2 Å². The fraction of sp³-hybridized carbons (Fsp3) is 0.562. The lowest BCUT2D eigenvalue weighted by molar-refractivity contribution is -0.123. The molecule has 0 saturated heterocycles. The minimum Gasteiger partial charge on any atom is -0.396 e. The summed E-state index contributed by atoms with van der Waals surface area (Å²) in [7, 11) is 0. The van der Waals surface area contributed by atoms with Crippen molar-refractivity contribution in [3.05, 3.63) is 29.8 Å². The van der Waals surface area contributed by atoms with Gasteiger partial charge in [-0.2, -0.15) is 0 Å². The van der Waals surface area contributed by atoms with Crippen LogP contribution >= 0.6 is 0 Å². The standard InChI is InChI=1S/C16H22N2O2/c19-10-12-6-2-4-8-14(12)18-16(20)15-9-11-5-1-3-7-13(11)17-15/h1,3,5,7,12,14-15,17,19H,2,4,6,8-10H2,(H,18,20)/t12?,14?,15-/m0/s1. The minimum absolute atomic E-state index is 0.0616. The fourth-order valence-electron chi connectivity index (χ4n) is 3.36. The first-order chi connectivity index (χ1) is 9.78. The summed E-state index contributed by atoms with van der Waals surface area (Å²) in [5, 5.41) is 15.8. The zero-order valence-electron chi connectivity index (χ0n) is 11.6. The van der Waals surface area contributed by atoms with E-state index in [2.05, 4.69) is 16.7 Å². The molecule has 1 fully saturated rings. The number of hydrogen-bond donors (Lipinski definition) is 3. The van der Waals surface area contributed by atoms with E-state index in [-0.39, 0.29) is 30.5 Å².